The van der Waals surface area contributed by atoms with Crippen LogP contribution < -0.4 is 5.32 Å². The second kappa shape index (κ2) is 11.3. The number of fused-ring (bicyclic) bond motifs is 3. The van der Waals surface area contributed by atoms with Gasteiger partial charge in [0.15, 0.2) is 0 Å². The lowest BCUT2D eigenvalue weighted by molar-refractivity contribution is -0.143. The zero-order valence-electron chi connectivity index (χ0n) is 18.6. The molecule has 2 amide bonds. The quantitative estimate of drug-likeness (QED) is 0.447. The van der Waals surface area contributed by atoms with Crippen LogP contribution in [0.25, 0.3) is 11.1 Å². The third kappa shape index (κ3) is 5.46. The molecule has 0 aliphatic heterocycles. The van der Waals surface area contributed by atoms with Gasteiger partial charge in [-0.1, -0.05) is 55.0 Å². The molecule has 0 atom stereocenters. The Bertz CT molecular complexity index is 913. The maximum atomic E-state index is 12.7. The Labute approximate surface area is 188 Å². The Morgan fingerprint density at radius 2 is 1.56 bits per heavy atom. The number of unbranched alkanes of at least 4 members (excludes halogenated alkanes) is 2. The molecule has 0 spiro atoms. The van der Waals surface area contributed by atoms with Crippen LogP contribution in [0.15, 0.2) is 48.5 Å². The molecule has 0 radical (unpaired) electrons. The first kappa shape index (κ1) is 23.3. The average molecular weight is 439 g/mol. The lowest BCUT2D eigenvalue weighted by Gasteiger charge is -2.29. The van der Waals surface area contributed by atoms with Gasteiger partial charge in [-0.15, -0.1) is 0 Å². The third-order valence-corrected chi connectivity index (χ3v) is 5.56. The predicted octanol–water partition coefficient (Wildman–Crippen LogP) is 4.06. The molecule has 3 rings (SSSR count). The summed E-state index contributed by atoms with van der Waals surface area (Å²) in [6, 6.07) is 16.1. The Morgan fingerprint density at radius 3 is 2.16 bits per heavy atom. The molecule has 7 heteroatoms. The van der Waals surface area contributed by atoms with Crippen LogP contribution >= 0.6 is 0 Å². The van der Waals surface area contributed by atoms with E-state index in [9.17, 15) is 14.4 Å². The van der Waals surface area contributed by atoms with Gasteiger partial charge >= 0.3 is 12.1 Å². The van der Waals surface area contributed by atoms with Crippen molar-refractivity contribution in [3.05, 3.63) is 59.7 Å². The zero-order chi connectivity index (χ0) is 22.9. The lowest BCUT2D eigenvalue weighted by atomic mass is 10.0. The van der Waals surface area contributed by atoms with Gasteiger partial charge in [-0.25, -0.2) is 4.79 Å². The van der Waals surface area contributed by atoms with E-state index in [2.05, 4.69) is 29.6 Å². The van der Waals surface area contributed by atoms with Crippen LogP contribution in [0, 0.1) is 0 Å². The van der Waals surface area contributed by atoms with Gasteiger partial charge in [0, 0.05) is 13.0 Å². The summed E-state index contributed by atoms with van der Waals surface area (Å²) in [6.07, 6.45) is 2.14. The Morgan fingerprint density at radius 1 is 0.938 bits per heavy atom. The molecule has 2 aromatic rings. The first-order valence-electron chi connectivity index (χ1n) is 11.0. The summed E-state index contributed by atoms with van der Waals surface area (Å²) < 4.78 is 9.89. The second-order valence-corrected chi connectivity index (χ2v) is 7.63. The van der Waals surface area contributed by atoms with Gasteiger partial charge in [-0.3, -0.25) is 14.5 Å². The maximum Gasteiger partial charge on any atom is 0.410 e. The SMILES string of the molecule is CCOC(=O)CNC(=O)CCCCCN(C(=O)OC)C1c2ccccc2-c2ccccc21. The fourth-order valence-electron chi connectivity index (χ4n) is 4.12. The number of carbonyl (C=O) groups is 3. The van der Waals surface area contributed by atoms with E-state index in [-0.39, 0.29) is 24.6 Å². The third-order valence-electron chi connectivity index (χ3n) is 5.56. The number of hydrogen-bond acceptors (Lipinski definition) is 5. The molecular weight excluding hydrogens is 408 g/mol. The van der Waals surface area contributed by atoms with E-state index in [0.717, 1.165) is 35.1 Å². The first-order valence-corrected chi connectivity index (χ1v) is 11.0. The normalized spacial score (nSPS) is 11.9. The van der Waals surface area contributed by atoms with Gasteiger partial charge in [0.25, 0.3) is 0 Å². The highest BCUT2D eigenvalue weighted by atomic mass is 16.5. The largest absolute Gasteiger partial charge is 0.465 e. The summed E-state index contributed by atoms with van der Waals surface area (Å²) in [6.45, 7) is 2.43. The van der Waals surface area contributed by atoms with Gasteiger partial charge in [0.2, 0.25) is 5.91 Å². The summed E-state index contributed by atoms with van der Waals surface area (Å²) in [5.41, 5.74) is 4.47. The van der Waals surface area contributed by atoms with E-state index in [1.807, 2.05) is 24.3 Å². The van der Waals surface area contributed by atoms with Crippen LogP contribution in [0.5, 0.6) is 0 Å². The van der Waals surface area contributed by atoms with Crippen LogP contribution in [0.4, 0.5) is 4.79 Å². The van der Waals surface area contributed by atoms with Crippen molar-refractivity contribution in [1.82, 2.24) is 10.2 Å². The Kier molecular flexibility index (Phi) is 8.25. The molecule has 0 heterocycles. The summed E-state index contributed by atoms with van der Waals surface area (Å²) in [5, 5.41) is 2.56. The lowest BCUT2D eigenvalue weighted by Crippen LogP contribution is -2.35. The molecule has 0 fully saturated rings. The van der Waals surface area contributed by atoms with Crippen molar-refractivity contribution < 1.29 is 23.9 Å². The monoisotopic (exact) mass is 438 g/mol. The van der Waals surface area contributed by atoms with Crippen molar-refractivity contribution in [2.24, 2.45) is 0 Å². The highest BCUT2D eigenvalue weighted by Crippen LogP contribution is 2.46. The number of amides is 2. The molecule has 0 bridgehead atoms. The number of benzene rings is 2. The van der Waals surface area contributed by atoms with E-state index in [4.69, 9.17) is 9.47 Å². The molecule has 0 unspecified atom stereocenters. The second-order valence-electron chi connectivity index (χ2n) is 7.63. The van der Waals surface area contributed by atoms with Crippen molar-refractivity contribution in [3.63, 3.8) is 0 Å². The average Bonchev–Trinajstić information content (AvgIpc) is 3.14. The number of nitrogens with one attached hydrogen (secondary N) is 1. The molecule has 2 aromatic carbocycles. The predicted molar refractivity (Wildman–Crippen MR) is 121 cm³/mol. The molecule has 0 aromatic heterocycles. The molecule has 1 aliphatic carbocycles. The van der Waals surface area contributed by atoms with Crippen molar-refractivity contribution in [3.8, 4) is 11.1 Å². The van der Waals surface area contributed by atoms with Gasteiger partial charge in [-0.05, 0) is 42.0 Å². The minimum atomic E-state index is -0.438. The number of carbonyl (C=O) groups excluding carboxylic acids is 3. The van der Waals surface area contributed by atoms with Gasteiger partial charge in [0.05, 0.1) is 19.8 Å². The molecule has 1 aliphatic rings. The number of esters is 1. The number of nitrogens with zero attached hydrogens (tertiary/aromatic N) is 1. The van der Waals surface area contributed by atoms with Crippen LogP contribution in [-0.2, 0) is 19.1 Å². The first-order chi connectivity index (χ1) is 15.6. The minimum Gasteiger partial charge on any atom is -0.465 e. The Balaban J connectivity index is 1.58. The van der Waals surface area contributed by atoms with E-state index in [1.165, 1.54) is 7.11 Å². The smallest absolute Gasteiger partial charge is 0.410 e. The fraction of sp³-hybridized carbons (Fsp3) is 0.400. The molecule has 1 N–H and O–H groups in total. The summed E-state index contributed by atoms with van der Waals surface area (Å²) >= 11 is 0. The number of ether oxygens (including phenoxy) is 2. The molecule has 7 nitrogen and oxygen atoms in total. The van der Waals surface area contributed by atoms with E-state index < -0.39 is 5.97 Å². The highest BCUT2D eigenvalue weighted by Gasteiger charge is 2.35. The van der Waals surface area contributed by atoms with Crippen LogP contribution in [-0.4, -0.2) is 49.7 Å². The highest BCUT2D eigenvalue weighted by molar-refractivity contribution is 5.82. The molecule has 0 saturated heterocycles. The summed E-state index contributed by atoms with van der Waals surface area (Å²) in [5.74, 6) is -0.617. The van der Waals surface area contributed by atoms with Crippen LogP contribution in [0.3, 0.4) is 0 Å². The van der Waals surface area contributed by atoms with Crippen LogP contribution in [0.1, 0.15) is 49.8 Å². The number of rotatable bonds is 10. The fourth-order valence-corrected chi connectivity index (χ4v) is 4.12. The van der Waals surface area contributed by atoms with Crippen molar-refractivity contribution in [2.45, 2.75) is 38.6 Å². The van der Waals surface area contributed by atoms with Gasteiger partial charge < -0.3 is 14.8 Å². The molecule has 170 valence electrons. The Hall–Kier alpha value is -3.35. The van der Waals surface area contributed by atoms with Crippen molar-refractivity contribution in [2.75, 3.05) is 26.8 Å². The topological polar surface area (TPSA) is 84.9 Å². The zero-order valence-corrected chi connectivity index (χ0v) is 18.6. The van der Waals surface area contributed by atoms with Crippen LogP contribution in [0.2, 0.25) is 0 Å². The summed E-state index contributed by atoms with van der Waals surface area (Å²) in [7, 11) is 1.40. The van der Waals surface area contributed by atoms with E-state index in [0.29, 0.717) is 26.0 Å². The molecule has 32 heavy (non-hydrogen) atoms. The van der Waals surface area contributed by atoms with E-state index >= 15 is 0 Å². The minimum absolute atomic E-state index is 0.108. The van der Waals surface area contributed by atoms with Gasteiger partial charge in [0.1, 0.15) is 6.54 Å². The maximum absolute atomic E-state index is 12.7. The van der Waals surface area contributed by atoms with Gasteiger partial charge in [-0.2, -0.15) is 0 Å². The molecular formula is C25H30N2O5. The van der Waals surface area contributed by atoms with E-state index in [1.54, 1.807) is 11.8 Å². The standard InChI is InChI=1S/C25H30N2O5/c1-3-32-23(29)17-26-22(28)15-5-4-10-16-27(25(30)31-2)24-20-13-8-6-11-18(20)19-12-7-9-14-21(19)24/h6-9,11-14,24H,3-5,10,15-17H2,1-2H3,(H,26,28). The number of methoxy groups -OCH3 is 1. The number of hydrogen-bond donors (Lipinski definition) is 1. The summed E-state index contributed by atoms with van der Waals surface area (Å²) in [4.78, 5) is 37.6. The molecule has 0 saturated carbocycles. The van der Waals surface area contributed by atoms with Crippen molar-refractivity contribution in [1.29, 1.82) is 0 Å². The van der Waals surface area contributed by atoms with Crippen molar-refractivity contribution >= 4 is 18.0 Å².